The fourth-order valence-corrected chi connectivity index (χ4v) is 3.01. The summed E-state index contributed by atoms with van der Waals surface area (Å²) < 4.78 is 0. The van der Waals surface area contributed by atoms with Crippen LogP contribution in [-0.2, 0) is 0 Å². The average Bonchev–Trinajstić information content (AvgIpc) is 3.15. The van der Waals surface area contributed by atoms with E-state index in [4.69, 9.17) is 4.98 Å². The van der Waals surface area contributed by atoms with E-state index in [1.54, 1.807) is 6.07 Å². The third kappa shape index (κ3) is 3.35. The highest BCUT2D eigenvalue weighted by Gasteiger charge is 2.16. The molecule has 0 radical (unpaired) electrons. The molecule has 27 heavy (non-hydrogen) atoms. The van der Waals surface area contributed by atoms with Gasteiger partial charge in [-0.2, -0.15) is 0 Å². The van der Waals surface area contributed by atoms with Crippen molar-refractivity contribution in [2.75, 3.05) is 0 Å². The molecule has 4 aromatic rings. The van der Waals surface area contributed by atoms with Gasteiger partial charge in [0.25, 0.3) is 5.69 Å². The summed E-state index contributed by atoms with van der Waals surface area (Å²) in [7, 11) is 0. The summed E-state index contributed by atoms with van der Waals surface area (Å²) in [5, 5.41) is 11.1. The maximum absolute atomic E-state index is 11.1. The third-order valence-electron chi connectivity index (χ3n) is 4.42. The minimum atomic E-state index is -0.397. The van der Waals surface area contributed by atoms with Crippen LogP contribution in [0.1, 0.15) is 5.56 Å². The van der Waals surface area contributed by atoms with Crippen LogP contribution in [0.3, 0.4) is 0 Å². The monoisotopic (exact) mass is 355 g/mol. The molecule has 0 aliphatic rings. The summed E-state index contributed by atoms with van der Waals surface area (Å²) in [6.45, 7) is 2.05. The van der Waals surface area contributed by atoms with Gasteiger partial charge in [-0.1, -0.05) is 72.3 Å². The van der Waals surface area contributed by atoms with Crippen LogP contribution in [0.2, 0.25) is 0 Å². The molecule has 132 valence electrons. The Morgan fingerprint density at radius 3 is 2.26 bits per heavy atom. The van der Waals surface area contributed by atoms with E-state index < -0.39 is 4.92 Å². The van der Waals surface area contributed by atoms with Crippen LogP contribution in [0.25, 0.3) is 33.9 Å². The highest BCUT2D eigenvalue weighted by Crippen LogP contribution is 2.33. The Kier molecular flexibility index (Phi) is 4.26. The number of hydrogen-bond acceptors (Lipinski definition) is 3. The van der Waals surface area contributed by atoms with Crippen LogP contribution >= 0.6 is 0 Å². The second-order valence-electron chi connectivity index (χ2n) is 6.35. The molecule has 4 rings (SSSR count). The van der Waals surface area contributed by atoms with E-state index in [1.807, 2.05) is 55.5 Å². The van der Waals surface area contributed by atoms with E-state index in [0.717, 1.165) is 22.5 Å². The molecule has 1 aromatic heterocycles. The van der Waals surface area contributed by atoms with Gasteiger partial charge in [-0.25, -0.2) is 4.98 Å². The van der Waals surface area contributed by atoms with Crippen molar-refractivity contribution in [1.82, 2.24) is 9.97 Å². The van der Waals surface area contributed by atoms with Gasteiger partial charge in [0.05, 0.1) is 16.3 Å². The summed E-state index contributed by atoms with van der Waals surface area (Å²) in [4.78, 5) is 18.8. The van der Waals surface area contributed by atoms with Crippen molar-refractivity contribution in [2.24, 2.45) is 0 Å². The van der Waals surface area contributed by atoms with Crippen molar-refractivity contribution in [3.8, 4) is 33.9 Å². The molecule has 0 aliphatic heterocycles. The second-order valence-corrected chi connectivity index (χ2v) is 6.35. The quantitative estimate of drug-likeness (QED) is 0.381. The number of benzene rings is 3. The molecule has 0 bridgehead atoms. The number of hydrogen-bond donors (Lipinski definition) is 1. The summed E-state index contributed by atoms with van der Waals surface area (Å²) in [5.74, 6) is 0.605. The van der Waals surface area contributed by atoms with Gasteiger partial charge in [0.2, 0.25) is 0 Å². The number of nitrogens with one attached hydrogen (secondary N) is 1. The Labute approximate surface area is 156 Å². The molecule has 5 nitrogen and oxygen atoms in total. The van der Waals surface area contributed by atoms with Crippen molar-refractivity contribution < 1.29 is 4.92 Å². The first kappa shape index (κ1) is 16.7. The number of aromatic amines is 1. The Bertz CT molecular complexity index is 1100. The number of nitro groups is 1. The predicted molar refractivity (Wildman–Crippen MR) is 106 cm³/mol. The molecular weight excluding hydrogens is 338 g/mol. The van der Waals surface area contributed by atoms with Crippen LogP contribution < -0.4 is 0 Å². The standard InChI is InChI=1S/C22H17N3O2/c1-15-10-12-17(13-11-15)21-20(16-6-3-2-4-7-16)23-22(24-21)18-8-5-9-19(14-18)25(26)27/h2-14H,1H3,(H,23,24). The summed E-state index contributed by atoms with van der Waals surface area (Å²) in [5.41, 5.74) is 5.62. The molecule has 0 saturated heterocycles. The lowest BCUT2D eigenvalue weighted by Crippen LogP contribution is -1.89. The van der Waals surface area contributed by atoms with Crippen molar-refractivity contribution in [3.63, 3.8) is 0 Å². The van der Waals surface area contributed by atoms with Gasteiger partial charge in [0, 0.05) is 28.8 Å². The molecule has 0 saturated carbocycles. The minimum Gasteiger partial charge on any atom is -0.337 e. The van der Waals surface area contributed by atoms with Crippen LogP contribution in [0.15, 0.2) is 78.9 Å². The molecule has 1 N–H and O–H groups in total. The van der Waals surface area contributed by atoms with E-state index in [2.05, 4.69) is 17.1 Å². The molecule has 1 heterocycles. The fourth-order valence-electron chi connectivity index (χ4n) is 3.01. The zero-order chi connectivity index (χ0) is 18.8. The highest BCUT2D eigenvalue weighted by atomic mass is 16.6. The van der Waals surface area contributed by atoms with E-state index >= 15 is 0 Å². The Morgan fingerprint density at radius 1 is 0.852 bits per heavy atom. The van der Waals surface area contributed by atoms with Crippen LogP contribution in [0, 0.1) is 17.0 Å². The van der Waals surface area contributed by atoms with E-state index in [0.29, 0.717) is 11.4 Å². The topological polar surface area (TPSA) is 71.8 Å². The third-order valence-corrected chi connectivity index (χ3v) is 4.42. The van der Waals surface area contributed by atoms with Gasteiger partial charge in [-0.3, -0.25) is 10.1 Å². The van der Waals surface area contributed by atoms with Gasteiger partial charge >= 0.3 is 0 Å². The summed E-state index contributed by atoms with van der Waals surface area (Å²) in [6.07, 6.45) is 0. The van der Waals surface area contributed by atoms with Crippen molar-refractivity contribution in [1.29, 1.82) is 0 Å². The summed E-state index contributed by atoms with van der Waals surface area (Å²) >= 11 is 0. The number of H-pyrrole nitrogens is 1. The molecule has 0 spiro atoms. The summed E-state index contributed by atoms with van der Waals surface area (Å²) in [6, 6.07) is 24.6. The van der Waals surface area contributed by atoms with Gasteiger partial charge in [-0.05, 0) is 6.92 Å². The van der Waals surface area contributed by atoms with Gasteiger partial charge in [-0.15, -0.1) is 0 Å². The number of nitrogens with zero attached hydrogens (tertiary/aromatic N) is 2. The molecule has 0 fully saturated rings. The molecule has 0 atom stereocenters. The van der Waals surface area contributed by atoms with Gasteiger partial charge in [0.1, 0.15) is 5.82 Å². The molecule has 0 aliphatic carbocycles. The average molecular weight is 355 g/mol. The molecular formula is C22H17N3O2. The minimum absolute atomic E-state index is 0.0436. The second kappa shape index (κ2) is 6.88. The van der Waals surface area contributed by atoms with Gasteiger partial charge < -0.3 is 4.98 Å². The number of rotatable bonds is 4. The van der Waals surface area contributed by atoms with Crippen LogP contribution in [0.4, 0.5) is 5.69 Å². The van der Waals surface area contributed by atoms with Gasteiger partial charge in [0.15, 0.2) is 0 Å². The van der Waals surface area contributed by atoms with E-state index in [9.17, 15) is 10.1 Å². The van der Waals surface area contributed by atoms with E-state index in [-0.39, 0.29) is 5.69 Å². The predicted octanol–water partition coefficient (Wildman–Crippen LogP) is 5.63. The maximum atomic E-state index is 11.1. The first-order chi connectivity index (χ1) is 13.1. The van der Waals surface area contributed by atoms with Crippen LogP contribution in [0.5, 0.6) is 0 Å². The highest BCUT2D eigenvalue weighted by molar-refractivity contribution is 5.81. The number of imidazole rings is 1. The lowest BCUT2D eigenvalue weighted by atomic mass is 10.0. The molecule has 5 heteroatoms. The lowest BCUT2D eigenvalue weighted by molar-refractivity contribution is -0.384. The fraction of sp³-hybridized carbons (Fsp3) is 0.0455. The number of aryl methyl sites for hydroxylation is 1. The number of non-ortho nitro benzene ring substituents is 1. The first-order valence-electron chi connectivity index (χ1n) is 8.59. The smallest absolute Gasteiger partial charge is 0.270 e. The number of nitro benzene ring substituents is 1. The Hall–Kier alpha value is -3.73. The normalized spacial score (nSPS) is 10.7. The Morgan fingerprint density at radius 2 is 1.56 bits per heavy atom. The SMILES string of the molecule is Cc1ccc(-c2[nH]c(-c3cccc([N+](=O)[O-])c3)nc2-c2ccccc2)cc1. The lowest BCUT2D eigenvalue weighted by Gasteiger charge is -2.03. The number of aromatic nitrogens is 2. The zero-order valence-electron chi connectivity index (χ0n) is 14.7. The van der Waals surface area contributed by atoms with Crippen molar-refractivity contribution >= 4 is 5.69 Å². The zero-order valence-corrected chi connectivity index (χ0v) is 14.7. The maximum Gasteiger partial charge on any atom is 0.270 e. The van der Waals surface area contributed by atoms with Crippen molar-refractivity contribution in [2.45, 2.75) is 6.92 Å². The molecule has 0 amide bonds. The van der Waals surface area contributed by atoms with E-state index in [1.165, 1.54) is 17.7 Å². The Balaban J connectivity index is 1.89. The molecule has 0 unspecified atom stereocenters. The first-order valence-corrected chi connectivity index (χ1v) is 8.59. The largest absolute Gasteiger partial charge is 0.337 e. The van der Waals surface area contributed by atoms with Crippen LogP contribution in [-0.4, -0.2) is 14.9 Å². The molecule has 3 aromatic carbocycles. The van der Waals surface area contributed by atoms with Crippen molar-refractivity contribution in [3.05, 3.63) is 94.5 Å².